The lowest BCUT2D eigenvalue weighted by Crippen LogP contribution is -2.34. The fourth-order valence-electron chi connectivity index (χ4n) is 2.53. The molecule has 7 heteroatoms. The van der Waals surface area contributed by atoms with Gasteiger partial charge in [0.2, 0.25) is 10.0 Å². The molecule has 20 heavy (non-hydrogen) atoms. The van der Waals surface area contributed by atoms with Crippen LogP contribution >= 0.6 is 11.3 Å². The highest BCUT2D eigenvalue weighted by Gasteiger charge is 2.34. The van der Waals surface area contributed by atoms with Gasteiger partial charge < -0.3 is 10.2 Å². The molecule has 1 aliphatic rings. The Bertz CT molecular complexity index is 566. The Morgan fingerprint density at radius 1 is 1.50 bits per heavy atom. The summed E-state index contributed by atoms with van der Waals surface area (Å²) in [5.74, 6) is 0. The van der Waals surface area contributed by atoms with E-state index in [1.165, 1.54) is 0 Å². The molecule has 1 saturated heterocycles. The van der Waals surface area contributed by atoms with E-state index in [-0.39, 0.29) is 0 Å². The van der Waals surface area contributed by atoms with Crippen LogP contribution in [-0.4, -0.2) is 57.9 Å². The molecule has 1 fully saturated rings. The summed E-state index contributed by atoms with van der Waals surface area (Å²) >= 11 is 1.55. The van der Waals surface area contributed by atoms with E-state index in [2.05, 4.69) is 10.2 Å². The van der Waals surface area contributed by atoms with Crippen molar-refractivity contribution in [2.24, 2.45) is 0 Å². The van der Waals surface area contributed by atoms with Crippen LogP contribution in [0, 0.1) is 6.92 Å². The second-order valence-electron chi connectivity index (χ2n) is 5.43. The molecular weight excluding hydrogens is 294 g/mol. The largest absolute Gasteiger partial charge is 0.315 e. The average Bonchev–Trinajstić information content (AvgIpc) is 2.96. The third-order valence-corrected chi connectivity index (χ3v) is 6.92. The predicted molar refractivity (Wildman–Crippen MR) is 82.7 cm³/mol. The maximum absolute atomic E-state index is 12.7. The van der Waals surface area contributed by atoms with Crippen LogP contribution in [0.2, 0.25) is 0 Å². The molecule has 114 valence electrons. The Hall–Kier alpha value is -0.470. The number of sulfonamides is 1. The third-order valence-electron chi connectivity index (χ3n) is 3.75. The molecule has 1 N–H and O–H groups in total. The molecule has 2 rings (SSSR count). The van der Waals surface area contributed by atoms with E-state index >= 15 is 0 Å². The maximum atomic E-state index is 12.7. The normalized spacial score (nSPS) is 20.9. The summed E-state index contributed by atoms with van der Waals surface area (Å²) in [5.41, 5.74) is 0. The van der Waals surface area contributed by atoms with Crippen molar-refractivity contribution in [3.63, 3.8) is 0 Å². The molecule has 2 heterocycles. The lowest BCUT2D eigenvalue weighted by Gasteiger charge is -2.20. The van der Waals surface area contributed by atoms with Gasteiger partial charge in [-0.05, 0) is 40.6 Å². The number of thiophene rings is 1. The lowest BCUT2D eigenvalue weighted by molar-refractivity contribution is 0.302. The third kappa shape index (κ3) is 3.07. The number of nitrogens with one attached hydrogen (secondary N) is 1. The van der Waals surface area contributed by atoms with Crippen LogP contribution in [0.1, 0.15) is 16.2 Å². The minimum Gasteiger partial charge on any atom is -0.315 e. The highest BCUT2D eigenvalue weighted by molar-refractivity contribution is 7.89. The van der Waals surface area contributed by atoms with E-state index in [0.717, 1.165) is 16.2 Å². The Balaban J connectivity index is 2.23. The zero-order valence-electron chi connectivity index (χ0n) is 12.5. The zero-order valence-corrected chi connectivity index (χ0v) is 14.1. The van der Waals surface area contributed by atoms with Gasteiger partial charge in [-0.25, -0.2) is 8.42 Å². The van der Waals surface area contributed by atoms with Crippen LogP contribution in [0.25, 0.3) is 0 Å². The van der Waals surface area contributed by atoms with Gasteiger partial charge in [0.15, 0.2) is 0 Å². The van der Waals surface area contributed by atoms with Gasteiger partial charge in [0.05, 0.1) is 4.90 Å². The van der Waals surface area contributed by atoms with Crippen molar-refractivity contribution < 1.29 is 8.42 Å². The summed E-state index contributed by atoms with van der Waals surface area (Å²) < 4.78 is 27.1. The molecule has 0 saturated carbocycles. The lowest BCUT2D eigenvalue weighted by atomic mass is 10.2. The molecule has 0 amide bonds. The molecular formula is C13H23N3O2S2. The average molecular weight is 317 g/mol. The Morgan fingerprint density at radius 3 is 2.75 bits per heavy atom. The van der Waals surface area contributed by atoms with E-state index < -0.39 is 10.0 Å². The minimum atomic E-state index is -3.34. The van der Waals surface area contributed by atoms with E-state index in [0.29, 0.717) is 30.6 Å². The van der Waals surface area contributed by atoms with Crippen LogP contribution in [0.5, 0.6) is 0 Å². The monoisotopic (exact) mass is 317 g/mol. The highest BCUT2D eigenvalue weighted by atomic mass is 32.2. The predicted octanol–water partition coefficient (Wildman–Crippen LogP) is 1.10. The van der Waals surface area contributed by atoms with Crippen LogP contribution in [0.4, 0.5) is 0 Å². The minimum absolute atomic E-state index is 0.320. The molecule has 0 radical (unpaired) electrons. The summed E-state index contributed by atoms with van der Waals surface area (Å²) in [4.78, 5) is 4.52. The molecule has 0 spiro atoms. The number of hydrogen-bond acceptors (Lipinski definition) is 5. The number of rotatable bonds is 5. The van der Waals surface area contributed by atoms with Crippen LogP contribution in [0.3, 0.4) is 0 Å². The number of hydrogen-bond donors (Lipinski definition) is 1. The molecule has 5 nitrogen and oxygen atoms in total. The fraction of sp³-hybridized carbons (Fsp3) is 0.692. The van der Waals surface area contributed by atoms with Gasteiger partial charge in [0, 0.05) is 35.4 Å². The Kier molecular flexibility index (Phi) is 4.86. The van der Waals surface area contributed by atoms with E-state index in [1.54, 1.807) is 15.6 Å². The topological polar surface area (TPSA) is 52.7 Å². The number of nitrogens with zero attached hydrogens (tertiary/aromatic N) is 2. The molecule has 0 bridgehead atoms. The Labute approximate surface area is 125 Å². The molecule has 1 aliphatic heterocycles. The first kappa shape index (κ1) is 15.9. The SMILES string of the molecule is CNCc1cc(S(=O)(=O)N2CCC(N(C)C)C2)c(C)s1. The molecule has 1 aromatic heterocycles. The van der Waals surface area contributed by atoms with E-state index in [1.807, 2.05) is 34.1 Å². The van der Waals surface area contributed by atoms with Crippen LogP contribution in [-0.2, 0) is 16.6 Å². The smallest absolute Gasteiger partial charge is 0.244 e. The summed E-state index contributed by atoms with van der Waals surface area (Å²) in [6.45, 7) is 3.80. The second kappa shape index (κ2) is 6.11. The van der Waals surface area contributed by atoms with Crippen molar-refractivity contribution in [1.29, 1.82) is 0 Å². The highest BCUT2D eigenvalue weighted by Crippen LogP contribution is 2.30. The van der Waals surface area contributed by atoms with Gasteiger partial charge in [0.25, 0.3) is 0 Å². The van der Waals surface area contributed by atoms with Crippen molar-refractivity contribution in [2.75, 3.05) is 34.2 Å². The summed E-state index contributed by atoms with van der Waals surface area (Å²) in [7, 11) is 2.53. The summed E-state index contributed by atoms with van der Waals surface area (Å²) in [6.07, 6.45) is 0.902. The molecule has 1 aromatic rings. The van der Waals surface area contributed by atoms with Crippen molar-refractivity contribution in [3.05, 3.63) is 15.8 Å². The van der Waals surface area contributed by atoms with Gasteiger partial charge in [-0.15, -0.1) is 11.3 Å². The molecule has 1 unspecified atom stereocenters. The first-order chi connectivity index (χ1) is 9.36. The quantitative estimate of drug-likeness (QED) is 0.884. The van der Waals surface area contributed by atoms with Crippen molar-refractivity contribution in [2.45, 2.75) is 30.8 Å². The number of likely N-dealkylation sites (N-methyl/N-ethyl adjacent to an activating group) is 1. The fourth-order valence-corrected chi connectivity index (χ4v) is 5.64. The van der Waals surface area contributed by atoms with Gasteiger partial charge in [-0.3, -0.25) is 0 Å². The second-order valence-corrected chi connectivity index (χ2v) is 8.68. The first-order valence-corrected chi connectivity index (χ1v) is 9.02. The summed E-state index contributed by atoms with van der Waals surface area (Å²) in [5, 5.41) is 3.06. The summed E-state index contributed by atoms with van der Waals surface area (Å²) in [6, 6.07) is 2.13. The van der Waals surface area contributed by atoms with Gasteiger partial charge >= 0.3 is 0 Å². The van der Waals surface area contributed by atoms with Crippen molar-refractivity contribution in [3.8, 4) is 0 Å². The number of aryl methyl sites for hydroxylation is 1. The molecule has 1 atom stereocenters. The van der Waals surface area contributed by atoms with Gasteiger partial charge in [0.1, 0.15) is 0 Å². The van der Waals surface area contributed by atoms with Crippen molar-refractivity contribution in [1.82, 2.24) is 14.5 Å². The zero-order chi connectivity index (χ0) is 14.9. The van der Waals surface area contributed by atoms with Crippen molar-refractivity contribution >= 4 is 21.4 Å². The van der Waals surface area contributed by atoms with Crippen LogP contribution in [0.15, 0.2) is 11.0 Å². The maximum Gasteiger partial charge on any atom is 0.244 e. The van der Waals surface area contributed by atoms with E-state index in [4.69, 9.17) is 0 Å². The van der Waals surface area contributed by atoms with Gasteiger partial charge in [-0.2, -0.15) is 4.31 Å². The van der Waals surface area contributed by atoms with E-state index in [9.17, 15) is 8.42 Å². The molecule has 0 aromatic carbocycles. The first-order valence-electron chi connectivity index (χ1n) is 6.76. The Morgan fingerprint density at radius 2 is 2.20 bits per heavy atom. The van der Waals surface area contributed by atoms with Gasteiger partial charge in [-0.1, -0.05) is 0 Å². The standard InChI is InChI=1S/C13H23N3O2S2/c1-10-13(7-12(19-10)8-14-2)20(17,18)16-6-5-11(9-16)15(3)4/h7,11,14H,5-6,8-9H2,1-4H3. The van der Waals surface area contributed by atoms with Crippen LogP contribution < -0.4 is 5.32 Å². The molecule has 0 aliphatic carbocycles.